The van der Waals surface area contributed by atoms with Gasteiger partial charge in [-0.1, -0.05) is 5.46 Å². The van der Waals surface area contributed by atoms with E-state index in [4.69, 9.17) is 0 Å². The number of carbonyl (C=O) groups is 1. The van der Waals surface area contributed by atoms with Gasteiger partial charge in [-0.2, -0.15) is 0 Å². The van der Waals surface area contributed by atoms with Gasteiger partial charge in [0.15, 0.2) is 0 Å². The third kappa shape index (κ3) is 3.52. The van der Waals surface area contributed by atoms with Gasteiger partial charge in [0.25, 0.3) is 0 Å². The number of halogens is 3. The molecule has 1 rings (SSSR count). The summed E-state index contributed by atoms with van der Waals surface area (Å²) in [5.41, 5.74) is -0.882. The Morgan fingerprint density at radius 1 is 1.38 bits per heavy atom. The molecule has 1 aromatic rings. The monoisotopic (exact) mass is 233 g/mol. The lowest BCUT2D eigenvalue weighted by molar-refractivity contribution is -0.142. The molecule has 0 spiro atoms. The molecule has 8 heteroatoms. The molecule has 0 N–H and O–H groups in total. The topological polar surface area (TPSA) is 52.1 Å². The summed E-state index contributed by atoms with van der Waals surface area (Å²) in [4.78, 5) is 17.9. The van der Waals surface area contributed by atoms with Gasteiger partial charge in [0.2, 0.25) is 0 Å². The lowest BCUT2D eigenvalue weighted by Gasteiger charge is -2.13. The zero-order valence-electron chi connectivity index (χ0n) is 8.49. The molecule has 0 saturated heterocycles. The van der Waals surface area contributed by atoms with E-state index in [1.54, 1.807) is 6.92 Å². The lowest BCUT2D eigenvalue weighted by Crippen LogP contribution is -2.35. The van der Waals surface area contributed by atoms with Crippen molar-refractivity contribution in [3.05, 3.63) is 18.2 Å². The Bertz CT molecular complexity index is 367. The zero-order valence-corrected chi connectivity index (χ0v) is 8.49. The number of aromatic nitrogens is 2. The van der Waals surface area contributed by atoms with Crippen molar-refractivity contribution in [2.45, 2.75) is 13.3 Å². The van der Waals surface area contributed by atoms with E-state index in [-0.39, 0.29) is 18.9 Å². The molecule has 1 aromatic heterocycles. The Kier molecular flexibility index (Phi) is 3.86. The minimum absolute atomic E-state index is 0.0160. The van der Waals surface area contributed by atoms with Gasteiger partial charge in [0.05, 0.1) is 6.61 Å². The fourth-order valence-corrected chi connectivity index (χ4v) is 0.966. The van der Waals surface area contributed by atoms with Crippen LogP contribution in [0.3, 0.4) is 0 Å². The van der Waals surface area contributed by atoms with Crippen LogP contribution in [0.1, 0.15) is 12.7 Å². The third-order valence-corrected chi connectivity index (χ3v) is 1.71. The first kappa shape index (κ1) is 12.5. The van der Waals surface area contributed by atoms with Crippen molar-refractivity contribution in [3.63, 3.8) is 0 Å². The van der Waals surface area contributed by atoms with Crippen LogP contribution in [0, 0.1) is 0 Å². The van der Waals surface area contributed by atoms with Crippen molar-refractivity contribution in [1.82, 2.24) is 9.97 Å². The van der Waals surface area contributed by atoms with E-state index >= 15 is 0 Å². The molecule has 0 aromatic carbocycles. The maximum absolute atomic E-state index is 12.2. The van der Waals surface area contributed by atoms with Crippen molar-refractivity contribution in [2.75, 3.05) is 6.61 Å². The molecule has 0 aliphatic rings. The van der Waals surface area contributed by atoms with Crippen molar-refractivity contribution >= 4 is 18.4 Å². The fourth-order valence-electron chi connectivity index (χ4n) is 0.966. The molecule has 0 amide bonds. The number of rotatable bonds is 4. The maximum Gasteiger partial charge on any atom is 0.512 e. The highest BCUT2D eigenvalue weighted by molar-refractivity contribution is 6.73. The molecule has 0 unspecified atom stereocenters. The van der Waals surface area contributed by atoms with Gasteiger partial charge >= 0.3 is 12.9 Å². The molecule has 16 heavy (non-hydrogen) atoms. The number of hydrogen-bond donors (Lipinski definition) is 0. The number of carbonyl (C=O) groups excluding carboxylic acids is 1. The van der Waals surface area contributed by atoms with Crippen LogP contribution < -0.4 is 5.46 Å². The summed E-state index contributed by atoms with van der Waals surface area (Å²) in [7, 11) is 0. The van der Waals surface area contributed by atoms with Crippen LogP contribution in [0.4, 0.5) is 12.9 Å². The molecular weight excluding hydrogens is 224 g/mol. The van der Waals surface area contributed by atoms with E-state index in [0.29, 0.717) is 12.4 Å². The van der Waals surface area contributed by atoms with Crippen molar-refractivity contribution < 1.29 is 22.5 Å². The van der Waals surface area contributed by atoms with Gasteiger partial charge in [0.1, 0.15) is 12.2 Å². The minimum atomic E-state index is -5.09. The summed E-state index contributed by atoms with van der Waals surface area (Å²) in [5, 5.41) is 0. The van der Waals surface area contributed by atoms with Crippen molar-refractivity contribution in [1.29, 1.82) is 0 Å². The molecule has 0 fully saturated rings. The van der Waals surface area contributed by atoms with Gasteiger partial charge in [-0.15, -0.1) is 0 Å². The molecule has 0 radical (unpaired) electrons. The molecule has 4 nitrogen and oxygen atoms in total. The Hall–Kier alpha value is -1.60. The highest BCUT2D eigenvalue weighted by Gasteiger charge is 2.26. The zero-order chi connectivity index (χ0) is 12.2. The SMILES string of the molecule is CCOC(=O)Cc1ncc([B-](F)(F)F)cn1. The molecule has 0 saturated carbocycles. The predicted octanol–water partition coefficient (Wildman–Crippen LogP) is 0.637. The molecule has 0 bridgehead atoms. The van der Waals surface area contributed by atoms with E-state index in [1.165, 1.54) is 0 Å². The molecule has 1 heterocycles. The van der Waals surface area contributed by atoms with Crippen LogP contribution in [-0.2, 0) is 16.0 Å². The highest BCUT2D eigenvalue weighted by Crippen LogP contribution is 2.07. The van der Waals surface area contributed by atoms with Crippen LogP contribution in [0.25, 0.3) is 0 Å². The normalized spacial score (nSPS) is 11.2. The lowest BCUT2D eigenvalue weighted by atomic mass is 9.83. The average Bonchev–Trinajstić information content (AvgIpc) is 2.17. The molecule has 0 aliphatic carbocycles. The van der Waals surface area contributed by atoms with E-state index < -0.39 is 18.4 Å². The second-order valence-corrected chi connectivity index (χ2v) is 2.99. The number of esters is 1. The first-order chi connectivity index (χ1) is 7.43. The van der Waals surface area contributed by atoms with E-state index in [2.05, 4.69) is 14.7 Å². The second-order valence-electron chi connectivity index (χ2n) is 2.99. The summed E-state index contributed by atoms with van der Waals surface area (Å²) in [5.74, 6) is -0.546. The van der Waals surface area contributed by atoms with Crippen LogP contribution >= 0.6 is 0 Å². The standard InChI is InChI=1S/C8H9BF3N2O2/c1-2-16-8(15)3-7-13-4-6(5-14-7)9(10,11)12/h4-5H,2-3H2,1H3/q-1. The highest BCUT2D eigenvalue weighted by atomic mass is 19.4. The summed E-state index contributed by atoms with van der Waals surface area (Å²) in [6, 6.07) is 0. The first-order valence-electron chi connectivity index (χ1n) is 4.60. The summed E-state index contributed by atoms with van der Waals surface area (Å²) in [6.07, 6.45) is 1.11. The minimum Gasteiger partial charge on any atom is -0.466 e. The van der Waals surface area contributed by atoms with Gasteiger partial charge in [-0.05, 0) is 6.92 Å². The molecular formula is C8H9BF3N2O2-. The van der Waals surface area contributed by atoms with Gasteiger partial charge in [-0.25, -0.2) is 9.97 Å². The van der Waals surface area contributed by atoms with Crippen molar-refractivity contribution in [3.8, 4) is 0 Å². The van der Waals surface area contributed by atoms with Gasteiger partial charge in [-0.3, -0.25) is 4.79 Å². The van der Waals surface area contributed by atoms with Crippen LogP contribution in [0.2, 0.25) is 0 Å². The number of nitrogens with zero attached hydrogens (tertiary/aromatic N) is 2. The van der Waals surface area contributed by atoms with Crippen LogP contribution in [-0.4, -0.2) is 29.5 Å². The quantitative estimate of drug-likeness (QED) is 0.565. The van der Waals surface area contributed by atoms with E-state index in [0.717, 1.165) is 0 Å². The molecule has 88 valence electrons. The summed E-state index contributed by atoms with van der Waals surface area (Å²) < 4.78 is 41.2. The number of ether oxygens (including phenoxy) is 1. The second kappa shape index (κ2) is 4.95. The van der Waals surface area contributed by atoms with Crippen LogP contribution in [0.5, 0.6) is 0 Å². The molecule has 0 atom stereocenters. The average molecular weight is 233 g/mol. The van der Waals surface area contributed by atoms with E-state index in [1.807, 2.05) is 0 Å². The molecule has 0 aliphatic heterocycles. The first-order valence-corrected chi connectivity index (χ1v) is 4.60. The Morgan fingerprint density at radius 3 is 2.38 bits per heavy atom. The third-order valence-electron chi connectivity index (χ3n) is 1.71. The van der Waals surface area contributed by atoms with Crippen LogP contribution in [0.15, 0.2) is 12.4 Å². The van der Waals surface area contributed by atoms with Gasteiger partial charge < -0.3 is 17.7 Å². The van der Waals surface area contributed by atoms with Crippen molar-refractivity contribution in [2.24, 2.45) is 0 Å². The Labute approximate surface area is 89.9 Å². The fraction of sp³-hybridized carbons (Fsp3) is 0.375. The van der Waals surface area contributed by atoms with E-state index in [9.17, 15) is 17.7 Å². The summed E-state index contributed by atoms with van der Waals surface area (Å²) >= 11 is 0. The Balaban J connectivity index is 2.69. The maximum atomic E-state index is 12.2. The Morgan fingerprint density at radius 2 is 1.94 bits per heavy atom. The number of hydrogen-bond acceptors (Lipinski definition) is 4. The predicted molar refractivity (Wildman–Crippen MR) is 51.1 cm³/mol. The summed E-state index contributed by atoms with van der Waals surface area (Å²) in [6.45, 7) is -3.25. The smallest absolute Gasteiger partial charge is 0.466 e. The van der Waals surface area contributed by atoms with Gasteiger partial charge in [0, 0.05) is 12.4 Å². The largest absolute Gasteiger partial charge is 0.512 e.